The first-order valence-electron chi connectivity index (χ1n) is 10.9. The largest absolute Gasteiger partial charge is 0.497 e. The molecule has 1 N–H and O–H groups in total. The Hall–Kier alpha value is -3.74. The Bertz CT molecular complexity index is 1160. The number of rotatable bonds is 6. The molecule has 1 aromatic heterocycles. The average molecular weight is 449 g/mol. The molecule has 0 atom stereocenters. The zero-order valence-corrected chi connectivity index (χ0v) is 19.3. The van der Waals surface area contributed by atoms with Crippen molar-refractivity contribution in [3.8, 4) is 22.8 Å². The number of hydrogen-bond donors (Lipinski definition) is 1. The molecule has 0 fully saturated rings. The molecule has 1 aliphatic heterocycles. The van der Waals surface area contributed by atoms with Gasteiger partial charge < -0.3 is 24.1 Å². The fraction of sp³-hybridized carbons (Fsp3) is 0.308. The number of nitrogens with one attached hydrogen (secondary N) is 1. The van der Waals surface area contributed by atoms with E-state index in [4.69, 9.17) is 13.9 Å². The molecule has 2 amide bonds. The van der Waals surface area contributed by atoms with E-state index in [1.807, 2.05) is 49.1 Å². The SMILES string of the molecule is COc1cc(OC)cc(C(=O)Nc2cccc(-c3cc4c(o3)CCN(C(=O)C(C)C)C4)c2)c1. The molecule has 7 heteroatoms. The minimum atomic E-state index is -0.272. The lowest BCUT2D eigenvalue weighted by atomic mass is 10.1. The van der Waals surface area contributed by atoms with Crippen molar-refractivity contribution in [3.63, 3.8) is 0 Å². The quantitative estimate of drug-likeness (QED) is 0.588. The number of carbonyl (C=O) groups excluding carboxylic acids is 2. The normalized spacial score (nSPS) is 12.9. The summed E-state index contributed by atoms with van der Waals surface area (Å²) in [6, 6.07) is 14.5. The van der Waals surface area contributed by atoms with Crippen molar-refractivity contribution >= 4 is 17.5 Å². The van der Waals surface area contributed by atoms with Gasteiger partial charge in [-0.25, -0.2) is 0 Å². The van der Waals surface area contributed by atoms with Crippen molar-refractivity contribution in [2.45, 2.75) is 26.8 Å². The van der Waals surface area contributed by atoms with Crippen LogP contribution in [0.3, 0.4) is 0 Å². The molecular weight excluding hydrogens is 420 g/mol. The molecule has 7 nitrogen and oxygen atoms in total. The van der Waals surface area contributed by atoms with E-state index >= 15 is 0 Å². The van der Waals surface area contributed by atoms with Crippen LogP contribution in [0.15, 0.2) is 52.9 Å². The third-order valence-corrected chi connectivity index (χ3v) is 5.69. The highest BCUT2D eigenvalue weighted by Crippen LogP contribution is 2.31. The Morgan fingerprint density at radius 2 is 1.76 bits per heavy atom. The lowest BCUT2D eigenvalue weighted by molar-refractivity contribution is -0.135. The van der Waals surface area contributed by atoms with Crippen LogP contribution >= 0.6 is 0 Å². The van der Waals surface area contributed by atoms with Crippen LogP contribution in [0.4, 0.5) is 5.69 Å². The highest BCUT2D eigenvalue weighted by atomic mass is 16.5. The maximum Gasteiger partial charge on any atom is 0.255 e. The summed E-state index contributed by atoms with van der Waals surface area (Å²) in [4.78, 5) is 27.1. The second-order valence-electron chi connectivity index (χ2n) is 8.36. The first-order valence-corrected chi connectivity index (χ1v) is 10.9. The van der Waals surface area contributed by atoms with Gasteiger partial charge in [-0.1, -0.05) is 26.0 Å². The van der Waals surface area contributed by atoms with Crippen molar-refractivity contribution in [2.24, 2.45) is 5.92 Å². The smallest absolute Gasteiger partial charge is 0.255 e. The number of benzene rings is 2. The summed E-state index contributed by atoms with van der Waals surface area (Å²) in [6.45, 7) is 5.06. The second-order valence-corrected chi connectivity index (χ2v) is 8.36. The molecule has 0 saturated heterocycles. The number of nitrogens with zero attached hydrogens (tertiary/aromatic N) is 1. The van der Waals surface area contributed by atoms with Gasteiger partial charge >= 0.3 is 0 Å². The minimum Gasteiger partial charge on any atom is -0.497 e. The number of methoxy groups -OCH3 is 2. The van der Waals surface area contributed by atoms with Gasteiger partial charge in [0, 0.05) is 53.9 Å². The van der Waals surface area contributed by atoms with Gasteiger partial charge in [0.15, 0.2) is 0 Å². The molecule has 0 aliphatic carbocycles. The van der Waals surface area contributed by atoms with Crippen molar-refractivity contribution in [1.29, 1.82) is 0 Å². The van der Waals surface area contributed by atoms with Crippen LogP contribution in [-0.4, -0.2) is 37.5 Å². The van der Waals surface area contributed by atoms with E-state index in [1.165, 1.54) is 0 Å². The first kappa shape index (κ1) is 22.5. The molecule has 0 unspecified atom stereocenters. The summed E-state index contributed by atoms with van der Waals surface area (Å²) in [6.07, 6.45) is 0.696. The molecule has 0 radical (unpaired) electrons. The molecule has 0 bridgehead atoms. The van der Waals surface area contributed by atoms with E-state index in [0.717, 1.165) is 22.6 Å². The summed E-state index contributed by atoms with van der Waals surface area (Å²) in [5, 5.41) is 2.92. The Labute approximate surface area is 193 Å². The molecule has 1 aliphatic rings. The molecule has 2 aromatic carbocycles. The topological polar surface area (TPSA) is 81.0 Å². The number of carbonyl (C=O) groups is 2. The van der Waals surface area contributed by atoms with Crippen LogP contribution in [0, 0.1) is 5.92 Å². The number of anilines is 1. The van der Waals surface area contributed by atoms with Gasteiger partial charge in [-0.05, 0) is 30.3 Å². The van der Waals surface area contributed by atoms with Gasteiger partial charge in [-0.2, -0.15) is 0 Å². The van der Waals surface area contributed by atoms with Gasteiger partial charge in [0.2, 0.25) is 5.91 Å². The van der Waals surface area contributed by atoms with Crippen LogP contribution in [0.1, 0.15) is 35.5 Å². The van der Waals surface area contributed by atoms with Gasteiger partial charge in [0.05, 0.1) is 14.2 Å². The molecule has 172 valence electrons. The summed E-state index contributed by atoms with van der Waals surface area (Å²) in [7, 11) is 3.09. The number of ether oxygens (including phenoxy) is 2. The predicted octanol–water partition coefficient (Wildman–Crippen LogP) is 4.76. The summed E-state index contributed by atoms with van der Waals surface area (Å²) in [5.74, 6) is 2.57. The first-order chi connectivity index (χ1) is 15.9. The summed E-state index contributed by atoms with van der Waals surface area (Å²) in [5.41, 5.74) is 2.96. The van der Waals surface area contributed by atoms with Crippen LogP contribution in [0.25, 0.3) is 11.3 Å². The standard InChI is InChI=1S/C26H28N2O5/c1-16(2)26(30)28-9-8-23-19(15-28)13-24(33-23)17-6-5-7-20(10-17)27-25(29)18-11-21(31-3)14-22(12-18)32-4/h5-7,10-14,16H,8-9,15H2,1-4H3,(H,27,29). The van der Waals surface area contributed by atoms with Gasteiger partial charge in [-0.3, -0.25) is 9.59 Å². The predicted molar refractivity (Wildman–Crippen MR) is 126 cm³/mol. The van der Waals surface area contributed by atoms with Crippen LogP contribution < -0.4 is 14.8 Å². The Morgan fingerprint density at radius 3 is 2.42 bits per heavy atom. The van der Waals surface area contributed by atoms with E-state index in [2.05, 4.69) is 5.32 Å². The molecule has 2 heterocycles. The van der Waals surface area contributed by atoms with Crippen LogP contribution in [0.5, 0.6) is 11.5 Å². The average Bonchev–Trinajstić information content (AvgIpc) is 3.26. The molecule has 0 spiro atoms. The third kappa shape index (κ3) is 4.87. The van der Waals surface area contributed by atoms with E-state index in [1.54, 1.807) is 32.4 Å². The van der Waals surface area contributed by atoms with E-state index in [0.29, 0.717) is 42.3 Å². The van der Waals surface area contributed by atoms with Crippen LogP contribution in [0.2, 0.25) is 0 Å². The molecule has 0 saturated carbocycles. The number of fused-ring (bicyclic) bond motifs is 1. The summed E-state index contributed by atoms with van der Waals surface area (Å²) >= 11 is 0. The summed E-state index contributed by atoms with van der Waals surface area (Å²) < 4.78 is 16.6. The minimum absolute atomic E-state index is 0.0252. The number of amides is 2. The maximum atomic E-state index is 12.8. The third-order valence-electron chi connectivity index (χ3n) is 5.69. The van der Waals surface area contributed by atoms with E-state index in [-0.39, 0.29) is 17.7 Å². The highest BCUT2D eigenvalue weighted by molar-refractivity contribution is 6.05. The lowest BCUT2D eigenvalue weighted by Gasteiger charge is -2.27. The van der Waals surface area contributed by atoms with Gasteiger partial charge in [-0.15, -0.1) is 0 Å². The van der Waals surface area contributed by atoms with Crippen molar-refractivity contribution < 1.29 is 23.5 Å². The Kier molecular flexibility index (Phi) is 6.40. The van der Waals surface area contributed by atoms with Crippen molar-refractivity contribution in [2.75, 3.05) is 26.1 Å². The van der Waals surface area contributed by atoms with Crippen molar-refractivity contribution in [3.05, 3.63) is 65.4 Å². The molecule has 4 rings (SSSR count). The highest BCUT2D eigenvalue weighted by Gasteiger charge is 2.25. The number of furan rings is 1. The van der Waals surface area contributed by atoms with Crippen LogP contribution in [-0.2, 0) is 17.8 Å². The lowest BCUT2D eigenvalue weighted by Crippen LogP contribution is -2.37. The van der Waals surface area contributed by atoms with Gasteiger partial charge in [0.25, 0.3) is 5.91 Å². The van der Waals surface area contributed by atoms with Gasteiger partial charge in [0.1, 0.15) is 23.0 Å². The zero-order valence-electron chi connectivity index (χ0n) is 19.3. The fourth-order valence-corrected chi connectivity index (χ4v) is 3.92. The van der Waals surface area contributed by atoms with Crippen molar-refractivity contribution in [1.82, 2.24) is 4.90 Å². The zero-order chi connectivity index (χ0) is 23.5. The fourth-order valence-electron chi connectivity index (χ4n) is 3.92. The monoisotopic (exact) mass is 448 g/mol. The van der Waals surface area contributed by atoms with E-state index in [9.17, 15) is 9.59 Å². The molecule has 3 aromatic rings. The second kappa shape index (κ2) is 9.40. The maximum absolute atomic E-state index is 12.8. The number of hydrogen-bond acceptors (Lipinski definition) is 5. The Balaban J connectivity index is 1.53. The molecular formula is C26H28N2O5. The Morgan fingerprint density at radius 1 is 1.03 bits per heavy atom. The van der Waals surface area contributed by atoms with E-state index < -0.39 is 0 Å². The molecule has 33 heavy (non-hydrogen) atoms.